The maximum atomic E-state index is 13.5. The number of aromatic nitrogens is 3. The number of benzene rings is 2. The molecular formula is C19H17F3N4O2S. The Balaban J connectivity index is 1.72. The highest BCUT2D eigenvalue weighted by Crippen LogP contribution is 2.36. The Morgan fingerprint density at radius 3 is 2.45 bits per heavy atom. The molecule has 152 valence electrons. The maximum Gasteiger partial charge on any atom is 0.417 e. The molecule has 1 aromatic heterocycles. The van der Waals surface area contributed by atoms with Crippen LogP contribution in [-0.2, 0) is 21.9 Å². The van der Waals surface area contributed by atoms with Gasteiger partial charge in [-0.2, -0.15) is 18.3 Å². The number of rotatable bonds is 4. The fourth-order valence-corrected chi connectivity index (χ4v) is 4.37. The number of hydrogen-bond acceptors (Lipinski definition) is 4. The number of halogens is 3. The summed E-state index contributed by atoms with van der Waals surface area (Å²) in [6, 6.07) is 12.7. The molecule has 10 heteroatoms. The van der Waals surface area contributed by atoms with Gasteiger partial charge in [0, 0.05) is 24.2 Å². The Hall–Kier alpha value is -2.56. The summed E-state index contributed by atoms with van der Waals surface area (Å²) in [5.74, 6) is 0.731. The van der Waals surface area contributed by atoms with Crippen LogP contribution in [0, 0.1) is 0 Å². The normalized spacial score (nSPS) is 16.7. The summed E-state index contributed by atoms with van der Waals surface area (Å²) in [6.07, 6.45) is -4.62. The Bertz CT molecular complexity index is 1020. The van der Waals surface area contributed by atoms with Gasteiger partial charge >= 0.3 is 6.18 Å². The van der Waals surface area contributed by atoms with Crippen LogP contribution in [0.15, 0.2) is 53.4 Å². The van der Waals surface area contributed by atoms with Crippen LogP contribution in [0.3, 0.4) is 0 Å². The Morgan fingerprint density at radius 1 is 1.03 bits per heavy atom. The molecule has 2 aromatic carbocycles. The highest BCUT2D eigenvalue weighted by Gasteiger charge is 2.36. The van der Waals surface area contributed by atoms with Crippen molar-refractivity contribution in [2.75, 3.05) is 26.3 Å². The third-order valence-electron chi connectivity index (χ3n) is 4.47. The summed E-state index contributed by atoms with van der Waals surface area (Å²) in [4.78, 5) is 4.07. The van der Waals surface area contributed by atoms with E-state index in [1.165, 1.54) is 16.4 Å². The molecule has 0 bridgehead atoms. The number of H-pyrrole nitrogens is 1. The molecule has 0 saturated carbocycles. The molecule has 1 fully saturated rings. The minimum atomic E-state index is -4.62. The third kappa shape index (κ3) is 4.24. The number of nitrogens with one attached hydrogen (secondary N) is 1. The molecule has 1 aliphatic heterocycles. The van der Waals surface area contributed by atoms with Gasteiger partial charge in [-0.3, -0.25) is 5.10 Å². The lowest BCUT2D eigenvalue weighted by Crippen LogP contribution is -2.38. The first-order valence-corrected chi connectivity index (χ1v) is 9.98. The molecular weight excluding hydrogens is 405 g/mol. The Labute approximate surface area is 167 Å². The topological polar surface area (TPSA) is 71.1 Å². The number of alkyl halides is 3. The smallest absolute Gasteiger partial charge is 0.379 e. The van der Waals surface area contributed by atoms with E-state index < -0.39 is 22.7 Å². The average Bonchev–Trinajstić information content (AvgIpc) is 3.24. The number of aromatic amines is 1. The second-order valence-corrected chi connectivity index (χ2v) is 7.83. The van der Waals surface area contributed by atoms with Crippen molar-refractivity contribution in [3.63, 3.8) is 0 Å². The Morgan fingerprint density at radius 2 is 1.76 bits per heavy atom. The van der Waals surface area contributed by atoms with Crippen LogP contribution in [0.1, 0.15) is 5.56 Å². The number of ether oxygens (including phenoxy) is 1. The molecule has 2 heterocycles. The van der Waals surface area contributed by atoms with E-state index in [1.807, 2.05) is 30.3 Å². The van der Waals surface area contributed by atoms with Crippen LogP contribution < -0.4 is 0 Å². The van der Waals surface area contributed by atoms with Crippen molar-refractivity contribution in [1.82, 2.24) is 19.5 Å². The minimum Gasteiger partial charge on any atom is -0.379 e. The van der Waals surface area contributed by atoms with Crippen LogP contribution in [-0.4, -0.2) is 50.0 Å². The zero-order valence-corrected chi connectivity index (χ0v) is 16.0. The second-order valence-electron chi connectivity index (χ2n) is 6.37. The van der Waals surface area contributed by atoms with E-state index in [-0.39, 0.29) is 10.7 Å². The van der Waals surface area contributed by atoms with Gasteiger partial charge < -0.3 is 4.74 Å². The molecule has 0 spiro atoms. The molecule has 1 saturated heterocycles. The minimum absolute atomic E-state index is 0.234. The largest absolute Gasteiger partial charge is 0.417 e. The first-order valence-electron chi connectivity index (χ1n) is 8.87. The molecule has 6 nitrogen and oxygen atoms in total. The van der Waals surface area contributed by atoms with Crippen molar-refractivity contribution in [2.24, 2.45) is 0 Å². The zero-order valence-electron chi connectivity index (χ0n) is 15.1. The molecule has 1 aliphatic rings. The summed E-state index contributed by atoms with van der Waals surface area (Å²) in [6.45, 7) is 1.25. The summed E-state index contributed by atoms with van der Waals surface area (Å²) in [7, 11) is -1.97. The lowest BCUT2D eigenvalue weighted by atomic mass is 10.1. The summed E-state index contributed by atoms with van der Waals surface area (Å²) in [5, 5.41) is 6.91. The summed E-state index contributed by atoms with van der Waals surface area (Å²) in [5.41, 5.74) is 0.230. The predicted molar refractivity (Wildman–Crippen MR) is 101 cm³/mol. The molecule has 0 aliphatic carbocycles. The summed E-state index contributed by atoms with van der Waals surface area (Å²) >= 11 is 0. The van der Waals surface area contributed by atoms with Crippen molar-refractivity contribution in [3.05, 3.63) is 54.1 Å². The second kappa shape index (κ2) is 8.05. The quantitative estimate of drug-likeness (QED) is 0.699. The summed E-state index contributed by atoms with van der Waals surface area (Å²) < 4.78 is 60.1. The highest BCUT2D eigenvalue weighted by molar-refractivity contribution is 7.82. The van der Waals surface area contributed by atoms with E-state index in [0.29, 0.717) is 37.7 Å². The molecule has 1 N–H and O–H groups in total. The lowest BCUT2D eigenvalue weighted by Gasteiger charge is -2.26. The van der Waals surface area contributed by atoms with Gasteiger partial charge in [-0.25, -0.2) is 13.5 Å². The van der Waals surface area contributed by atoms with Gasteiger partial charge in [-0.15, -0.1) is 0 Å². The van der Waals surface area contributed by atoms with E-state index in [1.54, 1.807) is 0 Å². The Kier molecular flexibility index (Phi) is 5.48. The monoisotopic (exact) mass is 422 g/mol. The van der Waals surface area contributed by atoms with Crippen molar-refractivity contribution in [3.8, 4) is 22.8 Å². The van der Waals surface area contributed by atoms with E-state index in [4.69, 9.17) is 4.74 Å². The first kappa shape index (κ1) is 19.7. The number of hydrogen-bond donors (Lipinski definition) is 1. The SMILES string of the molecule is O=S(c1cc(-c2n[nH]c(-c3ccccc3)n2)ccc1C(F)(F)F)N1CCOCC1. The molecule has 29 heavy (non-hydrogen) atoms. The molecule has 3 aromatic rings. The van der Waals surface area contributed by atoms with Crippen molar-refractivity contribution < 1.29 is 22.1 Å². The van der Waals surface area contributed by atoms with Gasteiger partial charge in [0.15, 0.2) is 11.6 Å². The van der Waals surface area contributed by atoms with Crippen molar-refractivity contribution in [2.45, 2.75) is 11.1 Å². The average molecular weight is 422 g/mol. The van der Waals surface area contributed by atoms with Gasteiger partial charge in [0.1, 0.15) is 11.0 Å². The van der Waals surface area contributed by atoms with Crippen LogP contribution >= 0.6 is 0 Å². The molecule has 0 amide bonds. The van der Waals surface area contributed by atoms with E-state index in [9.17, 15) is 17.4 Å². The molecule has 1 unspecified atom stereocenters. The highest BCUT2D eigenvalue weighted by atomic mass is 32.2. The van der Waals surface area contributed by atoms with Crippen LogP contribution in [0.25, 0.3) is 22.8 Å². The zero-order chi connectivity index (χ0) is 20.4. The lowest BCUT2D eigenvalue weighted by molar-refractivity contribution is -0.139. The molecule has 4 rings (SSSR count). The fraction of sp³-hybridized carbons (Fsp3) is 0.263. The van der Waals surface area contributed by atoms with Crippen LogP contribution in [0.5, 0.6) is 0 Å². The van der Waals surface area contributed by atoms with Gasteiger partial charge in [0.2, 0.25) is 0 Å². The van der Waals surface area contributed by atoms with Gasteiger partial charge in [-0.05, 0) is 12.1 Å². The van der Waals surface area contributed by atoms with Crippen molar-refractivity contribution >= 4 is 11.0 Å². The van der Waals surface area contributed by atoms with E-state index in [2.05, 4.69) is 15.2 Å². The third-order valence-corrected chi connectivity index (χ3v) is 6.02. The standard InChI is InChI=1S/C19H17F3N4O2S/c20-19(21,22)15-7-6-14(12-16(15)29(27)26-8-10-28-11-9-26)18-23-17(24-25-18)13-4-2-1-3-5-13/h1-7,12H,8-11H2,(H,23,24,25). The molecule has 0 radical (unpaired) electrons. The van der Waals surface area contributed by atoms with Crippen molar-refractivity contribution in [1.29, 1.82) is 0 Å². The van der Waals surface area contributed by atoms with E-state index in [0.717, 1.165) is 11.6 Å². The van der Waals surface area contributed by atoms with E-state index >= 15 is 0 Å². The molecule has 1 atom stereocenters. The van der Waals surface area contributed by atoms with Gasteiger partial charge in [0.25, 0.3) is 0 Å². The fourth-order valence-electron chi connectivity index (χ4n) is 3.01. The number of nitrogens with zero attached hydrogens (tertiary/aromatic N) is 3. The maximum absolute atomic E-state index is 13.5. The van der Waals surface area contributed by atoms with Gasteiger partial charge in [0.05, 0.1) is 23.7 Å². The number of morpholine rings is 1. The van der Waals surface area contributed by atoms with Crippen LogP contribution in [0.2, 0.25) is 0 Å². The predicted octanol–water partition coefficient (Wildman–Crippen LogP) is 3.51. The first-order chi connectivity index (χ1) is 13.9. The van der Waals surface area contributed by atoms with Gasteiger partial charge in [-0.1, -0.05) is 36.4 Å². The van der Waals surface area contributed by atoms with Crippen LogP contribution in [0.4, 0.5) is 13.2 Å².